The van der Waals surface area contributed by atoms with Gasteiger partial charge in [-0.3, -0.25) is 19.1 Å². The first-order valence-electron chi connectivity index (χ1n) is 13.6. The van der Waals surface area contributed by atoms with Crippen molar-refractivity contribution in [2.24, 2.45) is 0 Å². The molecule has 1 aliphatic heterocycles. The molecule has 248 valence electrons. The lowest BCUT2D eigenvalue weighted by Crippen LogP contribution is -2.49. The van der Waals surface area contributed by atoms with Crippen molar-refractivity contribution in [3.8, 4) is 0 Å². The maximum atomic E-state index is 13.3. The minimum Gasteiger partial charge on any atom is -0.354 e. The summed E-state index contributed by atoms with van der Waals surface area (Å²) in [6.45, 7) is -0.228. The fraction of sp³-hybridized carbons (Fsp3) is 0.321. The SMILES string of the molecule is CS(=O)(=O)N(CCC(=O)NO)c1ccccc1C(=O)Cc1ccc(S(=O)(=O)N2CCN(c3cc(C(F)(F)F)cc(Cl)n3)CC2)cc1. The number of carbonyl (C=O) groups is 2. The number of nitrogens with zero attached hydrogens (tertiary/aromatic N) is 4. The van der Waals surface area contributed by atoms with E-state index in [0.29, 0.717) is 11.6 Å². The van der Waals surface area contributed by atoms with Gasteiger partial charge in [-0.25, -0.2) is 27.3 Å². The fourth-order valence-electron chi connectivity index (χ4n) is 4.83. The molecule has 0 aliphatic carbocycles. The van der Waals surface area contributed by atoms with E-state index in [0.717, 1.165) is 16.6 Å². The molecule has 0 spiro atoms. The zero-order chi connectivity index (χ0) is 33.9. The van der Waals surface area contributed by atoms with Gasteiger partial charge in [0.05, 0.1) is 22.4 Å². The molecule has 1 amide bonds. The van der Waals surface area contributed by atoms with E-state index in [2.05, 4.69) is 4.98 Å². The molecule has 2 N–H and O–H groups in total. The highest BCUT2D eigenvalue weighted by Gasteiger charge is 2.34. The van der Waals surface area contributed by atoms with E-state index in [-0.39, 0.29) is 72.7 Å². The number of pyridine rings is 1. The van der Waals surface area contributed by atoms with Crippen molar-refractivity contribution in [3.63, 3.8) is 0 Å². The summed E-state index contributed by atoms with van der Waals surface area (Å²) in [6, 6.07) is 13.1. The van der Waals surface area contributed by atoms with Crippen molar-refractivity contribution in [3.05, 3.63) is 82.5 Å². The Bertz CT molecular complexity index is 1820. The molecule has 46 heavy (non-hydrogen) atoms. The zero-order valence-electron chi connectivity index (χ0n) is 24.2. The number of rotatable bonds is 11. The number of piperazine rings is 1. The smallest absolute Gasteiger partial charge is 0.354 e. The van der Waals surface area contributed by atoms with Crippen molar-refractivity contribution in [2.45, 2.75) is 23.9 Å². The molecule has 1 fully saturated rings. The number of anilines is 2. The molecule has 1 aliphatic rings. The highest BCUT2D eigenvalue weighted by atomic mass is 35.5. The molecule has 0 radical (unpaired) electrons. The quantitative estimate of drug-likeness (QED) is 0.132. The van der Waals surface area contributed by atoms with Gasteiger partial charge in [-0.05, 0) is 42.0 Å². The number of hydrogen-bond donors (Lipinski definition) is 2. The van der Waals surface area contributed by atoms with Gasteiger partial charge >= 0.3 is 6.18 Å². The third-order valence-corrected chi connectivity index (χ3v) is 10.4. The topological polar surface area (TPSA) is 157 Å². The van der Waals surface area contributed by atoms with Gasteiger partial charge in [0.1, 0.15) is 11.0 Å². The van der Waals surface area contributed by atoms with Gasteiger partial charge in [0.25, 0.3) is 0 Å². The van der Waals surface area contributed by atoms with Crippen LogP contribution in [0.5, 0.6) is 0 Å². The van der Waals surface area contributed by atoms with Gasteiger partial charge in [0.15, 0.2) is 5.78 Å². The standard InChI is InChI=1S/C28H29ClF3N5O7S2/c1-45(41,42)37(11-10-27(39)34-40)23-5-3-2-4-22(23)24(38)16-19-6-8-21(9-7-19)46(43,44)36-14-12-35(13-15-36)26-18-20(28(30,31)32)17-25(29)33-26/h2-9,17-18,40H,10-16H2,1H3,(H,34,39). The van der Waals surface area contributed by atoms with E-state index in [4.69, 9.17) is 16.8 Å². The second-order valence-electron chi connectivity index (χ2n) is 10.3. The summed E-state index contributed by atoms with van der Waals surface area (Å²) < 4.78 is 93.3. The summed E-state index contributed by atoms with van der Waals surface area (Å²) >= 11 is 5.79. The number of alkyl halides is 3. The number of amides is 1. The highest BCUT2D eigenvalue weighted by molar-refractivity contribution is 7.92. The van der Waals surface area contributed by atoms with E-state index in [1.54, 1.807) is 6.07 Å². The Labute approximate surface area is 268 Å². The number of halogens is 4. The van der Waals surface area contributed by atoms with Crippen LogP contribution in [-0.2, 0) is 37.4 Å². The van der Waals surface area contributed by atoms with E-state index < -0.39 is 43.5 Å². The number of ketones is 1. The average Bonchev–Trinajstić information content (AvgIpc) is 3.00. The molecule has 0 saturated carbocycles. The number of hydrogen-bond acceptors (Lipinski definition) is 9. The minimum absolute atomic E-state index is 0.0113. The number of carbonyl (C=O) groups excluding carboxylic acids is 2. The van der Waals surface area contributed by atoms with Crippen LogP contribution in [0.4, 0.5) is 24.7 Å². The van der Waals surface area contributed by atoms with Gasteiger partial charge in [-0.2, -0.15) is 17.5 Å². The Morgan fingerprint density at radius 2 is 1.63 bits per heavy atom. The van der Waals surface area contributed by atoms with E-state index in [1.165, 1.54) is 57.1 Å². The predicted octanol–water partition coefficient (Wildman–Crippen LogP) is 3.35. The normalized spacial score (nSPS) is 14.6. The Kier molecular flexibility index (Phi) is 10.6. The summed E-state index contributed by atoms with van der Waals surface area (Å²) in [5, 5.41) is 8.43. The predicted molar refractivity (Wildman–Crippen MR) is 163 cm³/mol. The molecule has 18 heteroatoms. The van der Waals surface area contributed by atoms with Crippen molar-refractivity contribution in [2.75, 3.05) is 48.2 Å². The lowest BCUT2D eigenvalue weighted by Gasteiger charge is -2.35. The number of Topliss-reactive ketones (excluding diaryl/α,β-unsaturated/α-hetero) is 1. The summed E-state index contributed by atoms with van der Waals surface area (Å²) in [6.07, 6.45) is -4.27. The van der Waals surface area contributed by atoms with Crippen LogP contribution < -0.4 is 14.7 Å². The van der Waals surface area contributed by atoms with Crippen LogP contribution in [0.15, 0.2) is 65.6 Å². The summed E-state index contributed by atoms with van der Waals surface area (Å²) in [5.74, 6) is -1.29. The van der Waals surface area contributed by atoms with Crippen molar-refractivity contribution in [1.29, 1.82) is 0 Å². The molecule has 0 unspecified atom stereocenters. The third-order valence-electron chi connectivity index (χ3n) is 7.14. The lowest BCUT2D eigenvalue weighted by atomic mass is 10.0. The molecule has 12 nitrogen and oxygen atoms in total. The minimum atomic E-state index is -4.62. The number of benzene rings is 2. The number of aromatic nitrogens is 1. The fourth-order valence-corrected chi connectivity index (χ4v) is 7.39. The van der Waals surface area contributed by atoms with Crippen LogP contribution in [0.1, 0.15) is 27.9 Å². The largest absolute Gasteiger partial charge is 0.416 e. The maximum Gasteiger partial charge on any atom is 0.416 e. The van der Waals surface area contributed by atoms with Gasteiger partial charge < -0.3 is 4.90 Å². The first-order valence-corrected chi connectivity index (χ1v) is 17.3. The van der Waals surface area contributed by atoms with Crippen molar-refractivity contribution >= 4 is 54.8 Å². The first-order chi connectivity index (χ1) is 21.5. The molecule has 0 atom stereocenters. The van der Waals surface area contributed by atoms with Crippen LogP contribution in [0.3, 0.4) is 0 Å². The number of sulfonamides is 2. The maximum absolute atomic E-state index is 13.3. The molecule has 1 aromatic heterocycles. The van der Waals surface area contributed by atoms with Crippen molar-refractivity contribution < 1.29 is 44.8 Å². The first kappa shape index (κ1) is 35.1. The van der Waals surface area contributed by atoms with Gasteiger partial charge in [-0.1, -0.05) is 35.9 Å². The molecule has 2 heterocycles. The summed E-state index contributed by atoms with van der Waals surface area (Å²) in [4.78, 5) is 30.2. The number of hydroxylamine groups is 1. The van der Waals surface area contributed by atoms with Crippen LogP contribution in [-0.4, -0.2) is 82.0 Å². The van der Waals surface area contributed by atoms with Crippen LogP contribution in [0.25, 0.3) is 0 Å². The highest BCUT2D eigenvalue weighted by Crippen LogP contribution is 2.33. The van der Waals surface area contributed by atoms with Gasteiger partial charge in [0, 0.05) is 51.1 Å². The molecule has 1 saturated heterocycles. The second-order valence-corrected chi connectivity index (χ2v) is 14.5. The van der Waals surface area contributed by atoms with E-state index in [1.807, 2.05) is 0 Å². The Hall–Kier alpha value is -3.77. The average molecular weight is 704 g/mol. The summed E-state index contributed by atoms with van der Waals surface area (Å²) in [7, 11) is -7.91. The molecular formula is C28H29ClF3N5O7S2. The van der Waals surface area contributed by atoms with Crippen LogP contribution in [0, 0.1) is 0 Å². The molecule has 2 aromatic carbocycles. The Morgan fingerprint density at radius 3 is 2.22 bits per heavy atom. The van der Waals surface area contributed by atoms with E-state index in [9.17, 15) is 39.6 Å². The Morgan fingerprint density at radius 1 is 1.00 bits per heavy atom. The number of para-hydroxylation sites is 1. The second kappa shape index (κ2) is 13.9. The van der Waals surface area contributed by atoms with Gasteiger partial charge in [-0.15, -0.1) is 0 Å². The molecule has 3 aromatic rings. The third kappa shape index (κ3) is 8.33. The van der Waals surface area contributed by atoms with Crippen LogP contribution >= 0.6 is 11.6 Å². The van der Waals surface area contributed by atoms with Crippen LogP contribution in [0.2, 0.25) is 5.15 Å². The molecule has 0 bridgehead atoms. The zero-order valence-corrected chi connectivity index (χ0v) is 26.6. The molecule has 4 rings (SSSR count). The lowest BCUT2D eigenvalue weighted by molar-refractivity contribution is -0.137. The number of nitrogens with one attached hydrogen (secondary N) is 1. The Balaban J connectivity index is 1.45. The summed E-state index contributed by atoms with van der Waals surface area (Å²) in [5.41, 5.74) is 1.02. The van der Waals surface area contributed by atoms with Crippen molar-refractivity contribution in [1.82, 2.24) is 14.8 Å². The molecular weight excluding hydrogens is 675 g/mol. The monoisotopic (exact) mass is 703 g/mol. The van der Waals surface area contributed by atoms with E-state index >= 15 is 0 Å². The van der Waals surface area contributed by atoms with Gasteiger partial charge in [0.2, 0.25) is 26.0 Å².